The number of hydrogen-bond donors (Lipinski definition) is 17. The summed E-state index contributed by atoms with van der Waals surface area (Å²) >= 11 is 0. The molecule has 522 valence electrons. The molecule has 3 fully saturated rings. The van der Waals surface area contributed by atoms with Gasteiger partial charge in [-0.05, 0) is 12.8 Å². The first-order valence-corrected chi connectivity index (χ1v) is 36.3. The molecule has 22 atom stereocenters. The number of nitrogens with one attached hydrogen (secondary N) is 1. The zero-order valence-electron chi connectivity index (χ0n) is 52.4. The zero-order chi connectivity index (χ0) is 65.2. The molecule has 0 aromatic heterocycles. The normalized spacial score (nSPS) is 31.9. The summed E-state index contributed by atoms with van der Waals surface area (Å²) in [7, 11) is -11.1. The summed E-state index contributed by atoms with van der Waals surface area (Å²) in [6.45, 7) is 2.20. The Morgan fingerprint density at radius 1 is 0.420 bits per heavy atom. The Hall–Kier alpha value is -0.950. The standard InChI is InChI=1S/C60H117NO25P2/c1-3-5-7-9-11-13-15-17-18-19-20-21-22-23-24-25-27-29-31-33-35-37-43(63)61-40(44(64)41(62)36-34-32-30-28-26-16-14-12-10-8-6-4-2)38-81-87(77,78)86-59-55(75)51(71)50(70)54(74)58(59)84-60-56(76)46(66)45(65)42(83-60)39-82-88(79,80)85-57-52(72)48(68)47(67)49(69)53(57)73/h40-42,44-60,62,64-76H,3-39H2,1-2H3,(H,61,63)(H,77,78)(H,79,80)/t40-,41+,42+,44-,45+,46?,47?,48+,49?,50?,51?,52?,53?,54+,55?,56?,57?,58?,59-,60+/m0/s1. The number of phosphoric ester groups is 2. The Bertz CT molecular complexity index is 1890. The van der Waals surface area contributed by atoms with Crippen molar-refractivity contribution in [2.24, 2.45) is 0 Å². The molecule has 28 heteroatoms. The number of carbonyl (C=O) groups excluding carboxylic acids is 1. The average Bonchev–Trinajstić information content (AvgIpc) is 3.15. The summed E-state index contributed by atoms with van der Waals surface area (Å²) in [4.78, 5) is 34.9. The highest BCUT2D eigenvalue weighted by atomic mass is 31.2. The molecule has 0 bridgehead atoms. The maximum Gasteiger partial charge on any atom is 0.472 e. The Kier molecular flexibility index (Phi) is 41.3. The van der Waals surface area contributed by atoms with Crippen LogP contribution in [0.1, 0.15) is 239 Å². The molecule has 13 unspecified atom stereocenters. The van der Waals surface area contributed by atoms with Gasteiger partial charge in [-0.1, -0.05) is 219 Å². The fourth-order valence-electron chi connectivity index (χ4n) is 11.7. The molecule has 3 rings (SSSR count). The third-order valence-electron chi connectivity index (χ3n) is 17.4. The van der Waals surface area contributed by atoms with E-state index in [1.54, 1.807) is 0 Å². The first-order valence-electron chi connectivity index (χ1n) is 33.3. The van der Waals surface area contributed by atoms with Crippen molar-refractivity contribution in [3.63, 3.8) is 0 Å². The molecular weight excluding hydrogens is 1200 g/mol. The molecule has 0 spiro atoms. The summed E-state index contributed by atoms with van der Waals surface area (Å²) in [6, 6.07) is -1.51. The van der Waals surface area contributed by atoms with Crippen molar-refractivity contribution in [2.45, 2.75) is 361 Å². The van der Waals surface area contributed by atoms with E-state index in [0.717, 1.165) is 64.2 Å². The van der Waals surface area contributed by atoms with Crippen LogP contribution in [0.3, 0.4) is 0 Å². The number of unbranched alkanes of at least 4 members (excludes halogenated alkanes) is 31. The lowest BCUT2D eigenvalue weighted by Gasteiger charge is -2.47. The van der Waals surface area contributed by atoms with E-state index in [4.69, 9.17) is 27.6 Å². The van der Waals surface area contributed by atoms with Crippen LogP contribution in [0.5, 0.6) is 0 Å². The third-order valence-corrected chi connectivity index (χ3v) is 19.4. The molecule has 0 aromatic rings. The predicted octanol–water partition coefficient (Wildman–Crippen LogP) is 4.36. The molecule has 2 saturated carbocycles. The first kappa shape index (κ1) is 81.3. The monoisotopic (exact) mass is 1310 g/mol. The van der Waals surface area contributed by atoms with Crippen LogP contribution < -0.4 is 5.32 Å². The number of aliphatic hydroxyl groups is 14. The van der Waals surface area contributed by atoms with E-state index in [9.17, 15) is 95.2 Å². The Morgan fingerprint density at radius 2 is 0.750 bits per heavy atom. The SMILES string of the molecule is CCCCCCCCCCCCCCCCCCCCCCCC(=O)N[C@@H](COP(=O)(O)O[C@H]1C(O)C(O)C(O)[C@@H](O)C1O[C@H]1O[C@H](COP(=O)(O)OC2C(O)C(O)C(O)[C@@H](O)C2O)[C@@H](O)C(O)C1O)[C@H](O)[C@H](O)CCCCCCCCCCCCCC. The second kappa shape index (κ2) is 44.7. The Labute approximate surface area is 521 Å². The first-order chi connectivity index (χ1) is 41.9. The summed E-state index contributed by atoms with van der Waals surface area (Å²) in [5.41, 5.74) is 0. The summed E-state index contributed by atoms with van der Waals surface area (Å²) < 4.78 is 57.8. The lowest BCUT2D eigenvalue weighted by Crippen LogP contribution is -2.67. The lowest BCUT2D eigenvalue weighted by atomic mass is 9.84. The highest BCUT2D eigenvalue weighted by Gasteiger charge is 2.56. The Balaban J connectivity index is 1.59. The van der Waals surface area contributed by atoms with Gasteiger partial charge in [-0.15, -0.1) is 0 Å². The van der Waals surface area contributed by atoms with Gasteiger partial charge in [-0.3, -0.25) is 22.9 Å². The summed E-state index contributed by atoms with van der Waals surface area (Å²) in [6.07, 6.45) is -3.43. The molecule has 1 saturated heterocycles. The predicted molar refractivity (Wildman–Crippen MR) is 324 cm³/mol. The summed E-state index contributed by atoms with van der Waals surface area (Å²) in [5.74, 6) is -0.549. The van der Waals surface area contributed by atoms with Gasteiger partial charge in [0.1, 0.15) is 104 Å². The molecule has 88 heavy (non-hydrogen) atoms. The van der Waals surface area contributed by atoms with Crippen LogP contribution in [-0.2, 0) is 41.5 Å². The van der Waals surface area contributed by atoms with E-state index in [-0.39, 0.29) is 12.8 Å². The number of amides is 1. The van der Waals surface area contributed by atoms with Gasteiger partial charge in [0, 0.05) is 6.42 Å². The zero-order valence-corrected chi connectivity index (χ0v) is 54.2. The van der Waals surface area contributed by atoms with E-state index in [1.165, 1.54) is 135 Å². The number of carbonyl (C=O) groups is 1. The van der Waals surface area contributed by atoms with Crippen molar-refractivity contribution in [1.29, 1.82) is 0 Å². The molecule has 1 aliphatic heterocycles. The number of hydrogen-bond acceptors (Lipinski definition) is 23. The maximum absolute atomic E-state index is 13.8. The van der Waals surface area contributed by atoms with Crippen LogP contribution in [-0.4, -0.2) is 223 Å². The van der Waals surface area contributed by atoms with Crippen LogP contribution in [0.2, 0.25) is 0 Å². The average molecular weight is 1310 g/mol. The highest BCUT2D eigenvalue weighted by molar-refractivity contribution is 7.47. The van der Waals surface area contributed by atoms with Crippen molar-refractivity contribution in [2.75, 3.05) is 13.2 Å². The fraction of sp³-hybridized carbons (Fsp3) is 0.983. The minimum atomic E-state index is -5.61. The fourth-order valence-corrected chi connectivity index (χ4v) is 13.6. The number of phosphoric acid groups is 2. The molecule has 1 heterocycles. The van der Waals surface area contributed by atoms with Gasteiger partial charge in [0.05, 0.1) is 25.4 Å². The van der Waals surface area contributed by atoms with Crippen molar-refractivity contribution in [3.8, 4) is 0 Å². The van der Waals surface area contributed by atoms with Crippen LogP contribution in [0, 0.1) is 0 Å². The second-order valence-electron chi connectivity index (χ2n) is 24.9. The highest BCUT2D eigenvalue weighted by Crippen LogP contribution is 2.49. The third kappa shape index (κ3) is 29.8. The van der Waals surface area contributed by atoms with E-state index < -0.39 is 157 Å². The molecule has 2 aliphatic carbocycles. The largest absolute Gasteiger partial charge is 0.472 e. The van der Waals surface area contributed by atoms with Crippen molar-refractivity contribution >= 4 is 21.6 Å². The Morgan fingerprint density at radius 3 is 1.17 bits per heavy atom. The molecule has 0 aromatic carbocycles. The molecule has 3 aliphatic rings. The van der Waals surface area contributed by atoms with Crippen molar-refractivity contribution in [1.82, 2.24) is 5.32 Å². The molecule has 17 N–H and O–H groups in total. The number of ether oxygens (including phenoxy) is 2. The molecule has 26 nitrogen and oxygen atoms in total. The van der Waals surface area contributed by atoms with Gasteiger partial charge >= 0.3 is 15.6 Å². The quantitative estimate of drug-likeness (QED) is 0.0297. The smallest absolute Gasteiger partial charge is 0.390 e. The topological polar surface area (TPSA) is 442 Å². The van der Waals surface area contributed by atoms with Crippen LogP contribution in [0.15, 0.2) is 0 Å². The van der Waals surface area contributed by atoms with E-state index in [1.807, 2.05) is 0 Å². The summed E-state index contributed by atoms with van der Waals surface area (Å²) in [5, 5.41) is 152. The van der Waals surface area contributed by atoms with Crippen LogP contribution in [0.25, 0.3) is 0 Å². The number of rotatable bonds is 50. The van der Waals surface area contributed by atoms with E-state index >= 15 is 0 Å². The minimum absolute atomic E-state index is 0.0210. The van der Waals surface area contributed by atoms with E-state index in [2.05, 4.69) is 19.2 Å². The second-order valence-corrected chi connectivity index (χ2v) is 27.7. The number of aliphatic hydroxyl groups excluding tert-OH is 14. The molecular formula is C60H117NO25P2. The van der Waals surface area contributed by atoms with Gasteiger partial charge in [-0.25, -0.2) is 9.13 Å². The van der Waals surface area contributed by atoms with Gasteiger partial charge in [0.2, 0.25) is 5.91 Å². The minimum Gasteiger partial charge on any atom is -0.390 e. The van der Waals surface area contributed by atoms with Gasteiger partial charge in [0.25, 0.3) is 0 Å². The molecule has 1 amide bonds. The molecule has 0 radical (unpaired) electrons. The van der Waals surface area contributed by atoms with Crippen LogP contribution >= 0.6 is 15.6 Å². The lowest BCUT2D eigenvalue weighted by molar-refractivity contribution is -0.337. The van der Waals surface area contributed by atoms with Crippen molar-refractivity contribution < 1.29 is 123 Å². The van der Waals surface area contributed by atoms with Crippen molar-refractivity contribution in [3.05, 3.63) is 0 Å². The van der Waals surface area contributed by atoms with Gasteiger partial charge in [-0.2, -0.15) is 0 Å². The van der Waals surface area contributed by atoms with E-state index in [0.29, 0.717) is 12.8 Å². The van der Waals surface area contributed by atoms with Gasteiger partial charge in [0.15, 0.2) is 6.29 Å². The van der Waals surface area contributed by atoms with Gasteiger partial charge < -0.3 is 96.1 Å². The maximum atomic E-state index is 13.8. The van der Waals surface area contributed by atoms with Crippen LogP contribution in [0.4, 0.5) is 0 Å².